The maximum absolute atomic E-state index is 12.6. The number of alkyl halides is 3. The van der Waals surface area contributed by atoms with Crippen LogP contribution in [0.2, 0.25) is 0 Å². The van der Waals surface area contributed by atoms with Gasteiger partial charge in [-0.05, 0) is 24.1 Å². The molecule has 0 unspecified atom stereocenters. The number of benzene rings is 1. The van der Waals surface area contributed by atoms with Crippen molar-refractivity contribution >= 4 is 6.08 Å². The molecule has 0 fully saturated rings. The molecule has 0 aliphatic heterocycles. The molecule has 1 aromatic rings. The summed E-state index contributed by atoms with van der Waals surface area (Å²) in [4.78, 5) is 0. The third-order valence-corrected chi connectivity index (χ3v) is 2.06. The molecule has 4 heteroatoms. The SMILES string of the molecule is C/C=C\c1c(CN)cccc1C(F)(F)F. The van der Waals surface area contributed by atoms with E-state index in [1.165, 1.54) is 12.1 Å². The van der Waals surface area contributed by atoms with Crippen LogP contribution in [0.1, 0.15) is 23.6 Å². The van der Waals surface area contributed by atoms with E-state index in [4.69, 9.17) is 5.73 Å². The van der Waals surface area contributed by atoms with Gasteiger partial charge < -0.3 is 5.73 Å². The zero-order chi connectivity index (χ0) is 11.5. The van der Waals surface area contributed by atoms with E-state index in [0.29, 0.717) is 5.56 Å². The van der Waals surface area contributed by atoms with Crippen LogP contribution in [0.25, 0.3) is 6.08 Å². The fourth-order valence-electron chi connectivity index (χ4n) is 1.40. The Bertz CT molecular complexity index is 367. The number of halogens is 3. The molecule has 0 radical (unpaired) electrons. The molecular formula is C11H12F3N. The van der Waals surface area contributed by atoms with Crippen LogP contribution >= 0.6 is 0 Å². The Kier molecular flexibility index (Phi) is 3.52. The van der Waals surface area contributed by atoms with Crippen LogP contribution in [0, 0.1) is 0 Å². The first-order chi connectivity index (χ1) is 7.00. The first-order valence-electron chi connectivity index (χ1n) is 4.52. The number of hydrogen-bond donors (Lipinski definition) is 1. The Labute approximate surface area is 86.4 Å². The van der Waals surface area contributed by atoms with E-state index in [-0.39, 0.29) is 12.1 Å². The minimum absolute atomic E-state index is 0.101. The summed E-state index contributed by atoms with van der Waals surface area (Å²) >= 11 is 0. The summed E-state index contributed by atoms with van der Waals surface area (Å²) < 4.78 is 37.8. The normalized spacial score (nSPS) is 12.3. The van der Waals surface area contributed by atoms with Crippen LogP contribution in [-0.2, 0) is 12.7 Å². The lowest BCUT2D eigenvalue weighted by Crippen LogP contribution is -2.10. The summed E-state index contributed by atoms with van der Waals surface area (Å²) in [6, 6.07) is 4.04. The van der Waals surface area contributed by atoms with Gasteiger partial charge in [-0.1, -0.05) is 24.3 Å². The first-order valence-corrected chi connectivity index (χ1v) is 4.52. The number of nitrogens with two attached hydrogens (primary N) is 1. The van der Waals surface area contributed by atoms with Crippen molar-refractivity contribution in [3.05, 3.63) is 41.0 Å². The third-order valence-electron chi connectivity index (χ3n) is 2.06. The lowest BCUT2D eigenvalue weighted by atomic mass is 10.00. The predicted molar refractivity (Wildman–Crippen MR) is 54.0 cm³/mol. The van der Waals surface area contributed by atoms with Crippen LogP contribution < -0.4 is 5.73 Å². The van der Waals surface area contributed by atoms with E-state index in [2.05, 4.69) is 0 Å². The summed E-state index contributed by atoms with van der Waals surface area (Å²) in [5, 5.41) is 0. The number of allylic oxidation sites excluding steroid dienone is 1. The molecule has 1 rings (SSSR count). The summed E-state index contributed by atoms with van der Waals surface area (Å²) in [6.45, 7) is 1.77. The van der Waals surface area contributed by atoms with Crippen LogP contribution in [-0.4, -0.2) is 0 Å². The third kappa shape index (κ3) is 2.59. The number of hydrogen-bond acceptors (Lipinski definition) is 1. The van der Waals surface area contributed by atoms with Crippen molar-refractivity contribution in [1.82, 2.24) is 0 Å². The van der Waals surface area contributed by atoms with Crippen molar-refractivity contribution in [3.63, 3.8) is 0 Å². The Hall–Kier alpha value is -1.29. The second-order valence-corrected chi connectivity index (χ2v) is 3.08. The van der Waals surface area contributed by atoms with Gasteiger partial charge in [0.1, 0.15) is 0 Å². The molecule has 2 N–H and O–H groups in total. The Morgan fingerprint density at radius 1 is 1.33 bits per heavy atom. The van der Waals surface area contributed by atoms with Gasteiger partial charge in [0.25, 0.3) is 0 Å². The molecule has 1 nitrogen and oxygen atoms in total. The van der Waals surface area contributed by atoms with Gasteiger partial charge in [-0.3, -0.25) is 0 Å². The molecule has 0 saturated carbocycles. The molecule has 15 heavy (non-hydrogen) atoms. The number of rotatable bonds is 2. The van der Waals surface area contributed by atoms with E-state index in [1.807, 2.05) is 0 Å². The molecule has 0 bridgehead atoms. The van der Waals surface area contributed by atoms with Crippen LogP contribution in [0.4, 0.5) is 13.2 Å². The van der Waals surface area contributed by atoms with Gasteiger partial charge in [0.15, 0.2) is 0 Å². The van der Waals surface area contributed by atoms with Gasteiger partial charge in [-0.15, -0.1) is 0 Å². The highest BCUT2D eigenvalue weighted by Crippen LogP contribution is 2.33. The molecule has 0 amide bonds. The molecule has 0 saturated heterocycles. The van der Waals surface area contributed by atoms with Gasteiger partial charge in [0, 0.05) is 6.54 Å². The highest BCUT2D eigenvalue weighted by atomic mass is 19.4. The van der Waals surface area contributed by atoms with Gasteiger partial charge >= 0.3 is 6.18 Å². The average molecular weight is 215 g/mol. The standard InChI is InChI=1S/C11H12F3N/c1-2-4-9-8(7-15)5-3-6-10(9)11(12,13)14/h2-6H,7,15H2,1H3/b4-2-. The Morgan fingerprint density at radius 3 is 2.47 bits per heavy atom. The second-order valence-electron chi connectivity index (χ2n) is 3.08. The molecule has 82 valence electrons. The summed E-state index contributed by atoms with van der Waals surface area (Å²) in [7, 11) is 0. The van der Waals surface area contributed by atoms with Gasteiger partial charge in [0.2, 0.25) is 0 Å². The molecule has 0 heterocycles. The largest absolute Gasteiger partial charge is 0.416 e. The van der Waals surface area contributed by atoms with E-state index >= 15 is 0 Å². The molecule has 0 atom stereocenters. The molecule has 0 aromatic heterocycles. The van der Waals surface area contributed by atoms with E-state index in [9.17, 15) is 13.2 Å². The zero-order valence-electron chi connectivity index (χ0n) is 8.31. The van der Waals surface area contributed by atoms with Crippen molar-refractivity contribution in [1.29, 1.82) is 0 Å². The highest BCUT2D eigenvalue weighted by molar-refractivity contribution is 5.58. The van der Waals surface area contributed by atoms with Crippen molar-refractivity contribution in [2.45, 2.75) is 19.6 Å². The average Bonchev–Trinajstić information content (AvgIpc) is 2.17. The fraction of sp³-hybridized carbons (Fsp3) is 0.273. The summed E-state index contributed by atoms with van der Waals surface area (Å²) in [5.74, 6) is 0. The topological polar surface area (TPSA) is 26.0 Å². The first kappa shape index (κ1) is 11.8. The summed E-state index contributed by atoms with van der Waals surface area (Å²) in [6.07, 6.45) is -1.32. The lowest BCUT2D eigenvalue weighted by molar-refractivity contribution is -0.137. The highest BCUT2D eigenvalue weighted by Gasteiger charge is 2.33. The Balaban J connectivity index is 3.38. The summed E-state index contributed by atoms with van der Waals surface area (Å²) in [5.41, 5.74) is 5.42. The van der Waals surface area contributed by atoms with Crippen molar-refractivity contribution in [2.75, 3.05) is 0 Å². The molecule has 0 aliphatic carbocycles. The zero-order valence-corrected chi connectivity index (χ0v) is 8.31. The van der Waals surface area contributed by atoms with Gasteiger partial charge in [0.05, 0.1) is 5.56 Å². The van der Waals surface area contributed by atoms with Crippen molar-refractivity contribution < 1.29 is 13.2 Å². The molecular weight excluding hydrogens is 203 g/mol. The smallest absolute Gasteiger partial charge is 0.326 e. The maximum Gasteiger partial charge on any atom is 0.416 e. The molecule has 1 aromatic carbocycles. The van der Waals surface area contributed by atoms with E-state index in [1.54, 1.807) is 19.1 Å². The predicted octanol–water partition coefficient (Wildman–Crippen LogP) is 3.20. The molecule has 0 spiro atoms. The minimum atomic E-state index is -4.33. The van der Waals surface area contributed by atoms with Crippen LogP contribution in [0.15, 0.2) is 24.3 Å². The van der Waals surface area contributed by atoms with Crippen LogP contribution in [0.5, 0.6) is 0 Å². The lowest BCUT2D eigenvalue weighted by Gasteiger charge is -2.13. The van der Waals surface area contributed by atoms with E-state index < -0.39 is 11.7 Å². The monoisotopic (exact) mass is 215 g/mol. The van der Waals surface area contributed by atoms with Crippen molar-refractivity contribution in [2.24, 2.45) is 5.73 Å². The van der Waals surface area contributed by atoms with E-state index in [0.717, 1.165) is 6.07 Å². The quantitative estimate of drug-likeness (QED) is 0.805. The van der Waals surface area contributed by atoms with Gasteiger partial charge in [-0.25, -0.2) is 0 Å². The van der Waals surface area contributed by atoms with Gasteiger partial charge in [-0.2, -0.15) is 13.2 Å². The van der Waals surface area contributed by atoms with Crippen molar-refractivity contribution in [3.8, 4) is 0 Å². The van der Waals surface area contributed by atoms with Crippen LogP contribution in [0.3, 0.4) is 0 Å². The fourth-order valence-corrected chi connectivity index (χ4v) is 1.40. The Morgan fingerprint density at radius 2 is 2.00 bits per heavy atom. The second kappa shape index (κ2) is 4.49. The minimum Gasteiger partial charge on any atom is -0.326 e. The molecule has 0 aliphatic rings. The maximum atomic E-state index is 12.6.